The van der Waals surface area contributed by atoms with E-state index in [-0.39, 0.29) is 11.9 Å². The molecule has 4 nitrogen and oxygen atoms in total. The standard InChI is InChI=1S/C14H21N3O/c1-9-5-6-17(10(2)7-9)14(18)12-4-3-11(15)8-13(12)16/h3-4,8-10H,5-7,15-16H2,1-2H3. The van der Waals surface area contributed by atoms with Crippen molar-refractivity contribution in [2.45, 2.75) is 32.7 Å². The second kappa shape index (κ2) is 4.88. The zero-order valence-electron chi connectivity index (χ0n) is 11.0. The lowest BCUT2D eigenvalue weighted by Gasteiger charge is -2.36. The molecule has 0 bridgehead atoms. The molecular formula is C14H21N3O. The van der Waals surface area contributed by atoms with Crippen LogP contribution in [0.25, 0.3) is 0 Å². The number of hydrogen-bond acceptors (Lipinski definition) is 3. The normalized spacial score (nSPS) is 24.0. The fourth-order valence-electron chi connectivity index (χ4n) is 2.64. The van der Waals surface area contributed by atoms with E-state index >= 15 is 0 Å². The predicted octanol–water partition coefficient (Wildman–Crippen LogP) is 2.11. The lowest BCUT2D eigenvalue weighted by molar-refractivity contribution is 0.0590. The van der Waals surface area contributed by atoms with Crippen LogP contribution in [-0.4, -0.2) is 23.4 Å². The van der Waals surface area contributed by atoms with Crippen LogP contribution in [0.4, 0.5) is 11.4 Å². The average Bonchev–Trinajstić information content (AvgIpc) is 2.28. The minimum atomic E-state index is 0.0203. The van der Waals surface area contributed by atoms with Crippen LogP contribution in [0.2, 0.25) is 0 Å². The minimum absolute atomic E-state index is 0.0203. The Morgan fingerprint density at radius 1 is 1.33 bits per heavy atom. The molecule has 0 saturated carbocycles. The van der Waals surface area contributed by atoms with Gasteiger partial charge in [0.05, 0.1) is 5.56 Å². The predicted molar refractivity (Wildman–Crippen MR) is 74.2 cm³/mol. The van der Waals surface area contributed by atoms with Gasteiger partial charge in [-0.25, -0.2) is 0 Å². The SMILES string of the molecule is CC1CCN(C(=O)c2ccc(N)cc2N)C(C)C1. The second-order valence-electron chi connectivity index (χ2n) is 5.32. The van der Waals surface area contributed by atoms with Gasteiger partial charge >= 0.3 is 0 Å². The van der Waals surface area contributed by atoms with E-state index in [2.05, 4.69) is 13.8 Å². The van der Waals surface area contributed by atoms with Crippen molar-refractivity contribution in [1.29, 1.82) is 0 Å². The number of benzene rings is 1. The van der Waals surface area contributed by atoms with Crippen molar-refractivity contribution in [3.8, 4) is 0 Å². The molecule has 1 fully saturated rings. The lowest BCUT2D eigenvalue weighted by Crippen LogP contribution is -2.44. The van der Waals surface area contributed by atoms with Crippen molar-refractivity contribution < 1.29 is 4.79 Å². The van der Waals surface area contributed by atoms with Crippen LogP contribution in [0.3, 0.4) is 0 Å². The number of carbonyl (C=O) groups excluding carboxylic acids is 1. The maximum absolute atomic E-state index is 12.5. The topological polar surface area (TPSA) is 72.3 Å². The van der Waals surface area contributed by atoms with Gasteiger partial charge < -0.3 is 16.4 Å². The van der Waals surface area contributed by atoms with E-state index < -0.39 is 0 Å². The highest BCUT2D eigenvalue weighted by Gasteiger charge is 2.28. The summed E-state index contributed by atoms with van der Waals surface area (Å²) >= 11 is 0. The van der Waals surface area contributed by atoms with Gasteiger partial charge in [0.25, 0.3) is 5.91 Å². The van der Waals surface area contributed by atoms with Crippen LogP contribution in [0, 0.1) is 5.92 Å². The fourth-order valence-corrected chi connectivity index (χ4v) is 2.64. The maximum atomic E-state index is 12.5. The summed E-state index contributed by atoms with van der Waals surface area (Å²) in [6.45, 7) is 5.14. The van der Waals surface area contributed by atoms with Gasteiger partial charge in [-0.05, 0) is 43.9 Å². The van der Waals surface area contributed by atoms with Gasteiger partial charge in [0, 0.05) is 24.0 Å². The molecule has 1 aliphatic rings. The van der Waals surface area contributed by atoms with Crippen molar-refractivity contribution in [3.63, 3.8) is 0 Å². The first-order valence-electron chi connectivity index (χ1n) is 6.45. The van der Waals surface area contributed by atoms with Crippen molar-refractivity contribution in [2.75, 3.05) is 18.0 Å². The van der Waals surface area contributed by atoms with Crippen LogP contribution in [0.15, 0.2) is 18.2 Å². The number of anilines is 2. The van der Waals surface area contributed by atoms with E-state index in [0.717, 1.165) is 19.4 Å². The highest BCUT2D eigenvalue weighted by molar-refractivity contribution is 5.99. The molecule has 4 N–H and O–H groups in total. The summed E-state index contributed by atoms with van der Waals surface area (Å²) < 4.78 is 0. The molecule has 1 aromatic carbocycles. The molecular weight excluding hydrogens is 226 g/mol. The van der Waals surface area contributed by atoms with E-state index in [9.17, 15) is 4.79 Å². The van der Waals surface area contributed by atoms with Gasteiger partial charge in [0.1, 0.15) is 0 Å². The molecule has 1 saturated heterocycles. The zero-order valence-corrected chi connectivity index (χ0v) is 11.0. The Kier molecular flexibility index (Phi) is 3.45. The van der Waals surface area contributed by atoms with Crippen molar-refractivity contribution >= 4 is 17.3 Å². The monoisotopic (exact) mass is 247 g/mol. The quantitative estimate of drug-likeness (QED) is 0.746. The van der Waals surface area contributed by atoms with E-state index in [1.807, 2.05) is 4.90 Å². The summed E-state index contributed by atoms with van der Waals surface area (Å²) in [5.74, 6) is 0.708. The Balaban J connectivity index is 2.20. The molecule has 1 amide bonds. The highest BCUT2D eigenvalue weighted by Crippen LogP contribution is 2.25. The third-order valence-corrected chi connectivity index (χ3v) is 3.71. The first kappa shape index (κ1) is 12.7. The number of nitrogens with zero attached hydrogens (tertiary/aromatic N) is 1. The Hall–Kier alpha value is -1.71. The number of piperidine rings is 1. The maximum Gasteiger partial charge on any atom is 0.256 e. The summed E-state index contributed by atoms with van der Waals surface area (Å²) in [6, 6.07) is 5.36. The Labute approximate surface area is 108 Å². The van der Waals surface area contributed by atoms with E-state index in [1.165, 1.54) is 0 Å². The van der Waals surface area contributed by atoms with Gasteiger partial charge in [-0.2, -0.15) is 0 Å². The summed E-state index contributed by atoms with van der Waals surface area (Å²) in [7, 11) is 0. The van der Waals surface area contributed by atoms with Crippen molar-refractivity contribution in [2.24, 2.45) is 5.92 Å². The Morgan fingerprint density at radius 2 is 2.06 bits per heavy atom. The number of nitrogens with two attached hydrogens (primary N) is 2. The molecule has 0 spiro atoms. The van der Waals surface area contributed by atoms with E-state index in [1.54, 1.807) is 18.2 Å². The first-order valence-corrected chi connectivity index (χ1v) is 6.45. The molecule has 4 heteroatoms. The molecule has 1 aliphatic heterocycles. The number of nitrogen functional groups attached to an aromatic ring is 2. The molecule has 1 heterocycles. The summed E-state index contributed by atoms with van der Waals surface area (Å²) in [5.41, 5.74) is 13.1. The molecule has 0 aromatic heterocycles. The van der Waals surface area contributed by atoms with Gasteiger partial charge in [-0.3, -0.25) is 4.79 Å². The average molecular weight is 247 g/mol. The largest absolute Gasteiger partial charge is 0.399 e. The van der Waals surface area contributed by atoms with Crippen molar-refractivity contribution in [3.05, 3.63) is 23.8 Å². The molecule has 1 aromatic rings. The molecule has 18 heavy (non-hydrogen) atoms. The number of amides is 1. The Bertz CT molecular complexity index is 458. The van der Waals surface area contributed by atoms with Gasteiger partial charge in [0.15, 0.2) is 0 Å². The molecule has 98 valence electrons. The van der Waals surface area contributed by atoms with Crippen LogP contribution in [0.5, 0.6) is 0 Å². The number of hydrogen-bond donors (Lipinski definition) is 2. The number of carbonyl (C=O) groups is 1. The molecule has 2 rings (SSSR count). The van der Waals surface area contributed by atoms with Gasteiger partial charge in [-0.1, -0.05) is 6.92 Å². The van der Waals surface area contributed by atoms with Crippen LogP contribution in [-0.2, 0) is 0 Å². The lowest BCUT2D eigenvalue weighted by atomic mass is 9.92. The molecule has 0 aliphatic carbocycles. The number of rotatable bonds is 1. The van der Waals surface area contributed by atoms with Crippen molar-refractivity contribution in [1.82, 2.24) is 4.90 Å². The molecule has 0 radical (unpaired) electrons. The summed E-state index contributed by atoms with van der Waals surface area (Å²) in [5, 5.41) is 0. The second-order valence-corrected chi connectivity index (χ2v) is 5.32. The molecule has 2 unspecified atom stereocenters. The van der Waals surface area contributed by atoms with Crippen LogP contribution < -0.4 is 11.5 Å². The third-order valence-electron chi connectivity index (χ3n) is 3.71. The number of likely N-dealkylation sites (tertiary alicyclic amines) is 1. The highest BCUT2D eigenvalue weighted by atomic mass is 16.2. The van der Waals surface area contributed by atoms with E-state index in [0.29, 0.717) is 22.9 Å². The fraction of sp³-hybridized carbons (Fsp3) is 0.500. The minimum Gasteiger partial charge on any atom is -0.399 e. The first-order chi connectivity index (χ1) is 8.49. The van der Waals surface area contributed by atoms with Gasteiger partial charge in [0.2, 0.25) is 0 Å². The molecule has 2 atom stereocenters. The smallest absolute Gasteiger partial charge is 0.256 e. The third kappa shape index (κ3) is 2.42. The van der Waals surface area contributed by atoms with Gasteiger partial charge in [-0.15, -0.1) is 0 Å². The summed E-state index contributed by atoms with van der Waals surface area (Å²) in [4.78, 5) is 14.4. The zero-order chi connectivity index (χ0) is 13.3. The van der Waals surface area contributed by atoms with Crippen LogP contribution >= 0.6 is 0 Å². The van der Waals surface area contributed by atoms with Crippen LogP contribution in [0.1, 0.15) is 37.0 Å². The van der Waals surface area contributed by atoms with E-state index in [4.69, 9.17) is 11.5 Å². The summed E-state index contributed by atoms with van der Waals surface area (Å²) in [6.07, 6.45) is 2.12. The Morgan fingerprint density at radius 3 is 2.67 bits per heavy atom.